The second kappa shape index (κ2) is 6.71. The number of hydrogen-bond donors (Lipinski definition) is 1. The molecular formula is C7H15NO2. The van der Waals surface area contributed by atoms with Crippen molar-refractivity contribution in [2.45, 2.75) is 6.42 Å². The molecule has 0 aromatic rings. The van der Waals surface area contributed by atoms with Gasteiger partial charge in [0.25, 0.3) is 0 Å². The zero-order valence-electron chi connectivity index (χ0n) is 6.43. The molecule has 1 aliphatic heterocycles. The molecule has 0 amide bonds. The summed E-state index contributed by atoms with van der Waals surface area (Å²) in [4.78, 5) is 8.00. The topological polar surface area (TPSA) is 38.3 Å². The van der Waals surface area contributed by atoms with E-state index in [0.717, 1.165) is 19.1 Å². The van der Waals surface area contributed by atoms with Crippen LogP contribution in [0.5, 0.6) is 0 Å². The predicted molar refractivity (Wildman–Crippen MR) is 40.0 cm³/mol. The Balaban J connectivity index is 0.000000371. The average molecular weight is 145 g/mol. The highest BCUT2D eigenvalue weighted by Gasteiger charge is 2.12. The number of methoxy groups -OCH3 is 1. The maximum Gasteiger partial charge on any atom is 0.106 e. The fourth-order valence-electron chi connectivity index (χ4n) is 1.09. The summed E-state index contributed by atoms with van der Waals surface area (Å²) in [6, 6.07) is 0. The quantitative estimate of drug-likeness (QED) is 0.597. The molecule has 1 rings (SSSR count). The lowest BCUT2D eigenvalue weighted by molar-refractivity contribution is -0.0979. The largest absolute Gasteiger partial charge is 0.384 e. The van der Waals surface area contributed by atoms with E-state index in [1.807, 2.05) is 6.79 Å². The minimum absolute atomic E-state index is 0.778. The highest BCUT2D eigenvalue weighted by atomic mass is 16.5. The Hall–Kier alpha value is -0.410. The molecule has 10 heavy (non-hydrogen) atoms. The third kappa shape index (κ3) is 3.58. The van der Waals surface area contributed by atoms with Gasteiger partial charge in [0.05, 0.1) is 6.61 Å². The molecule has 0 spiro atoms. The van der Waals surface area contributed by atoms with Crippen molar-refractivity contribution in [3.63, 3.8) is 0 Å². The van der Waals surface area contributed by atoms with Crippen LogP contribution in [0, 0.1) is 5.92 Å². The van der Waals surface area contributed by atoms with Crippen LogP contribution in [-0.4, -0.2) is 33.6 Å². The monoisotopic (exact) mass is 145 g/mol. The highest BCUT2D eigenvalue weighted by Crippen LogP contribution is 2.05. The molecule has 0 aromatic heterocycles. The summed E-state index contributed by atoms with van der Waals surface area (Å²) in [6.07, 6.45) is 1.29. The van der Waals surface area contributed by atoms with Crippen molar-refractivity contribution in [2.24, 2.45) is 5.92 Å². The summed E-state index contributed by atoms with van der Waals surface area (Å²) in [5.41, 5.74) is 0. The lowest BCUT2D eigenvalue weighted by atomic mass is 10.1. The maximum atomic E-state index is 8.00. The molecule has 60 valence electrons. The van der Waals surface area contributed by atoms with E-state index in [1.54, 1.807) is 7.11 Å². The second-order valence-electron chi connectivity index (χ2n) is 2.31. The van der Waals surface area contributed by atoms with Crippen molar-refractivity contribution < 1.29 is 9.53 Å². The Morgan fingerprint density at radius 2 is 2.40 bits per heavy atom. The molecule has 3 heteroatoms. The zero-order chi connectivity index (χ0) is 7.82. The van der Waals surface area contributed by atoms with Crippen LogP contribution in [-0.2, 0) is 9.53 Å². The van der Waals surface area contributed by atoms with Gasteiger partial charge >= 0.3 is 0 Å². The van der Waals surface area contributed by atoms with Crippen molar-refractivity contribution in [3.8, 4) is 0 Å². The molecule has 0 aromatic carbocycles. The number of nitrogens with one attached hydrogen (secondary N) is 1. The third-order valence-electron chi connectivity index (χ3n) is 1.56. The first kappa shape index (κ1) is 9.59. The Labute approximate surface area is 61.8 Å². The number of rotatable bonds is 2. The van der Waals surface area contributed by atoms with Gasteiger partial charge in [0.15, 0.2) is 0 Å². The number of ether oxygens (including phenoxy) is 1. The van der Waals surface area contributed by atoms with E-state index in [-0.39, 0.29) is 0 Å². The second-order valence-corrected chi connectivity index (χ2v) is 2.31. The Bertz CT molecular complexity index is 72.0. The molecule has 0 bridgehead atoms. The molecule has 1 saturated heterocycles. The van der Waals surface area contributed by atoms with Crippen LogP contribution in [0.15, 0.2) is 0 Å². The van der Waals surface area contributed by atoms with Gasteiger partial charge in [0.1, 0.15) is 6.79 Å². The fraction of sp³-hybridized carbons (Fsp3) is 0.857. The molecule has 0 aliphatic carbocycles. The van der Waals surface area contributed by atoms with E-state index >= 15 is 0 Å². The van der Waals surface area contributed by atoms with Crippen LogP contribution in [0.2, 0.25) is 0 Å². The molecule has 3 nitrogen and oxygen atoms in total. The van der Waals surface area contributed by atoms with Crippen LogP contribution in [0.4, 0.5) is 0 Å². The molecule has 1 unspecified atom stereocenters. The molecule has 1 N–H and O–H groups in total. The number of carbonyl (C=O) groups is 1. The van der Waals surface area contributed by atoms with Gasteiger partial charge in [-0.05, 0) is 18.9 Å². The summed E-state index contributed by atoms with van der Waals surface area (Å²) in [6.45, 7) is 5.24. The fourth-order valence-corrected chi connectivity index (χ4v) is 1.09. The molecule has 1 heterocycles. The van der Waals surface area contributed by atoms with Gasteiger partial charge in [-0.3, -0.25) is 0 Å². The Morgan fingerprint density at radius 3 is 2.80 bits per heavy atom. The Morgan fingerprint density at radius 1 is 1.70 bits per heavy atom. The van der Waals surface area contributed by atoms with E-state index in [0.29, 0.717) is 0 Å². The van der Waals surface area contributed by atoms with E-state index in [1.165, 1.54) is 13.0 Å². The summed E-state index contributed by atoms with van der Waals surface area (Å²) in [5, 5.41) is 3.28. The van der Waals surface area contributed by atoms with Gasteiger partial charge in [0.2, 0.25) is 0 Å². The van der Waals surface area contributed by atoms with E-state index < -0.39 is 0 Å². The number of carbonyl (C=O) groups excluding carboxylic acids is 1. The highest BCUT2D eigenvalue weighted by molar-refractivity contribution is 5.10. The van der Waals surface area contributed by atoms with E-state index in [9.17, 15) is 0 Å². The minimum Gasteiger partial charge on any atom is -0.384 e. The van der Waals surface area contributed by atoms with Crippen LogP contribution < -0.4 is 5.32 Å². The van der Waals surface area contributed by atoms with Crippen LogP contribution >= 0.6 is 0 Å². The molecule has 0 radical (unpaired) electrons. The first-order chi connectivity index (χ1) is 4.93. The average Bonchev–Trinajstić information content (AvgIpc) is 2.46. The van der Waals surface area contributed by atoms with Gasteiger partial charge in [-0.15, -0.1) is 0 Å². The normalized spacial score (nSPS) is 23.5. The summed E-state index contributed by atoms with van der Waals surface area (Å²) < 4.78 is 4.99. The van der Waals surface area contributed by atoms with Crippen LogP contribution in [0.3, 0.4) is 0 Å². The van der Waals surface area contributed by atoms with Crippen molar-refractivity contribution >= 4 is 6.79 Å². The van der Waals surface area contributed by atoms with Gasteiger partial charge < -0.3 is 14.8 Å². The van der Waals surface area contributed by atoms with Crippen molar-refractivity contribution in [1.29, 1.82) is 0 Å². The zero-order valence-corrected chi connectivity index (χ0v) is 6.43. The van der Waals surface area contributed by atoms with Gasteiger partial charge in [-0.1, -0.05) is 0 Å². The first-order valence-electron chi connectivity index (χ1n) is 3.42. The summed E-state index contributed by atoms with van der Waals surface area (Å²) >= 11 is 0. The third-order valence-corrected chi connectivity index (χ3v) is 1.56. The molecule has 1 aliphatic rings. The van der Waals surface area contributed by atoms with Crippen LogP contribution in [0.1, 0.15) is 6.42 Å². The first-order valence-corrected chi connectivity index (χ1v) is 3.42. The minimum atomic E-state index is 0.778. The molecule has 1 atom stereocenters. The van der Waals surface area contributed by atoms with Crippen molar-refractivity contribution in [2.75, 3.05) is 26.8 Å². The van der Waals surface area contributed by atoms with Gasteiger partial charge in [-0.25, -0.2) is 0 Å². The SMILES string of the molecule is C=O.COCC1CCNC1. The lowest BCUT2D eigenvalue weighted by Crippen LogP contribution is -2.12. The molecule has 0 saturated carbocycles. The van der Waals surface area contributed by atoms with Gasteiger partial charge in [-0.2, -0.15) is 0 Å². The van der Waals surface area contributed by atoms with E-state index in [2.05, 4.69) is 5.32 Å². The predicted octanol–water partition coefficient (Wildman–Crippen LogP) is 0.0574. The van der Waals surface area contributed by atoms with E-state index in [4.69, 9.17) is 9.53 Å². The number of hydrogen-bond acceptors (Lipinski definition) is 3. The smallest absolute Gasteiger partial charge is 0.106 e. The molecule has 1 fully saturated rings. The lowest BCUT2D eigenvalue weighted by Gasteiger charge is -2.03. The van der Waals surface area contributed by atoms with Crippen LogP contribution in [0.25, 0.3) is 0 Å². The summed E-state index contributed by atoms with van der Waals surface area (Å²) in [5.74, 6) is 0.778. The van der Waals surface area contributed by atoms with Crippen molar-refractivity contribution in [1.82, 2.24) is 5.32 Å². The maximum absolute atomic E-state index is 8.00. The Kier molecular flexibility index (Phi) is 6.43. The van der Waals surface area contributed by atoms with Crippen molar-refractivity contribution in [3.05, 3.63) is 0 Å². The molecular weight excluding hydrogens is 130 g/mol. The van der Waals surface area contributed by atoms with Gasteiger partial charge in [0, 0.05) is 13.7 Å². The summed E-state index contributed by atoms with van der Waals surface area (Å²) in [7, 11) is 1.76. The standard InChI is InChI=1S/C6H13NO.CH2O/c1-8-5-6-2-3-7-4-6;1-2/h6-7H,2-5H2,1H3;1H2.